The van der Waals surface area contributed by atoms with Gasteiger partial charge in [-0.1, -0.05) is 24.3 Å². The number of hydrogen-bond donors (Lipinski definition) is 2. The Bertz CT molecular complexity index is 1100. The summed E-state index contributed by atoms with van der Waals surface area (Å²) in [7, 11) is 1.52. The number of ether oxygens (including phenoxy) is 1. The molecule has 132 valence electrons. The van der Waals surface area contributed by atoms with Gasteiger partial charge < -0.3 is 16.2 Å². The van der Waals surface area contributed by atoms with Crippen molar-refractivity contribution in [1.29, 1.82) is 0 Å². The number of hydrogen-bond acceptors (Lipinski definition) is 3. The first kappa shape index (κ1) is 17.2. The van der Waals surface area contributed by atoms with Crippen LogP contribution >= 0.6 is 0 Å². The van der Waals surface area contributed by atoms with Crippen LogP contribution in [0.1, 0.15) is 15.9 Å². The molecular formula is C19H18N4O3. The fraction of sp³-hybridized carbons (Fsp3) is 0.105. The van der Waals surface area contributed by atoms with E-state index in [4.69, 9.17) is 16.2 Å². The smallest absolute Gasteiger partial charge is 0.282 e. The van der Waals surface area contributed by atoms with Crippen LogP contribution in [0.2, 0.25) is 0 Å². The van der Waals surface area contributed by atoms with Crippen molar-refractivity contribution >= 4 is 22.6 Å². The Labute approximate surface area is 149 Å². The monoisotopic (exact) mass is 350 g/mol. The van der Waals surface area contributed by atoms with Gasteiger partial charge in [-0.3, -0.25) is 14.2 Å². The van der Waals surface area contributed by atoms with Gasteiger partial charge in [0.2, 0.25) is 0 Å². The third-order valence-electron chi connectivity index (χ3n) is 3.98. The average molecular weight is 350 g/mol. The highest BCUT2D eigenvalue weighted by Crippen LogP contribution is 2.25. The van der Waals surface area contributed by atoms with Crippen molar-refractivity contribution in [3.63, 3.8) is 0 Å². The van der Waals surface area contributed by atoms with Crippen molar-refractivity contribution in [3.05, 3.63) is 70.1 Å². The van der Waals surface area contributed by atoms with Gasteiger partial charge in [-0.05, 0) is 30.7 Å². The summed E-state index contributed by atoms with van der Waals surface area (Å²) >= 11 is 0. The Kier molecular flexibility index (Phi) is 4.45. The van der Waals surface area contributed by atoms with Crippen molar-refractivity contribution in [2.45, 2.75) is 6.92 Å². The maximum absolute atomic E-state index is 13.0. The van der Waals surface area contributed by atoms with Crippen LogP contribution in [0.25, 0.3) is 16.5 Å². The average Bonchev–Trinajstić information content (AvgIpc) is 2.62. The van der Waals surface area contributed by atoms with E-state index in [-0.39, 0.29) is 17.1 Å². The second-order valence-electron chi connectivity index (χ2n) is 5.78. The van der Waals surface area contributed by atoms with E-state index in [0.29, 0.717) is 22.2 Å². The first-order valence-corrected chi connectivity index (χ1v) is 7.85. The molecule has 0 spiro atoms. The highest BCUT2D eigenvalue weighted by Gasteiger charge is 2.17. The molecule has 0 unspecified atom stereocenters. The summed E-state index contributed by atoms with van der Waals surface area (Å²) in [6.07, 6.45) is 1.44. The molecule has 26 heavy (non-hydrogen) atoms. The molecule has 3 aromatic rings. The number of aromatic nitrogens is 1. The maximum Gasteiger partial charge on any atom is 0.282 e. The van der Waals surface area contributed by atoms with Crippen LogP contribution in [-0.4, -0.2) is 23.5 Å². The van der Waals surface area contributed by atoms with Crippen molar-refractivity contribution in [2.75, 3.05) is 7.11 Å². The van der Waals surface area contributed by atoms with Crippen molar-refractivity contribution in [3.8, 4) is 11.4 Å². The first-order valence-electron chi connectivity index (χ1n) is 7.85. The lowest BCUT2D eigenvalue weighted by atomic mass is 10.1. The molecule has 1 heterocycles. The van der Waals surface area contributed by atoms with Crippen molar-refractivity contribution in [2.24, 2.45) is 16.5 Å². The number of pyridine rings is 1. The van der Waals surface area contributed by atoms with Gasteiger partial charge in [-0.25, -0.2) is 0 Å². The fourth-order valence-corrected chi connectivity index (χ4v) is 2.80. The molecule has 3 rings (SSSR count). The fourth-order valence-electron chi connectivity index (χ4n) is 2.80. The van der Waals surface area contributed by atoms with Gasteiger partial charge in [0, 0.05) is 17.0 Å². The van der Waals surface area contributed by atoms with Crippen LogP contribution in [-0.2, 0) is 0 Å². The van der Waals surface area contributed by atoms with E-state index in [0.717, 1.165) is 5.56 Å². The molecule has 1 amide bonds. The molecule has 0 aliphatic carbocycles. The molecule has 7 nitrogen and oxygen atoms in total. The van der Waals surface area contributed by atoms with E-state index < -0.39 is 5.91 Å². The predicted molar refractivity (Wildman–Crippen MR) is 101 cm³/mol. The molecule has 0 bridgehead atoms. The number of nitrogens with two attached hydrogens (primary N) is 2. The molecule has 4 N–H and O–H groups in total. The minimum atomic E-state index is -0.624. The molecule has 0 saturated carbocycles. The normalized spacial score (nSPS) is 10.5. The minimum Gasteiger partial charge on any atom is -0.495 e. The molecule has 7 heteroatoms. The summed E-state index contributed by atoms with van der Waals surface area (Å²) in [6, 6.07) is 12.2. The van der Waals surface area contributed by atoms with Crippen LogP contribution < -0.4 is 21.8 Å². The van der Waals surface area contributed by atoms with E-state index in [1.165, 1.54) is 17.9 Å². The highest BCUT2D eigenvalue weighted by molar-refractivity contribution is 6.10. The lowest BCUT2D eigenvalue weighted by molar-refractivity contribution is 0.100. The standard InChI is InChI=1S/C19H18N4O3/c1-11-7-8-15(16(9-11)26-2)23-10-14(17(24)22-19(20)21)12-5-3-4-6-13(12)18(23)25/h3-10H,1-2H3,(H4,20,21,22,24). The summed E-state index contributed by atoms with van der Waals surface area (Å²) < 4.78 is 6.77. The summed E-state index contributed by atoms with van der Waals surface area (Å²) in [6.45, 7) is 1.92. The van der Waals surface area contributed by atoms with Gasteiger partial charge in [0.25, 0.3) is 11.5 Å². The van der Waals surface area contributed by atoms with Crippen LogP contribution in [0.5, 0.6) is 5.75 Å². The Morgan fingerprint density at radius 3 is 2.46 bits per heavy atom. The Hall–Kier alpha value is -3.61. The number of aryl methyl sites for hydroxylation is 1. The Morgan fingerprint density at radius 1 is 1.12 bits per heavy atom. The molecule has 0 fully saturated rings. The lowest BCUT2D eigenvalue weighted by Gasteiger charge is -2.14. The van der Waals surface area contributed by atoms with Crippen LogP contribution in [0.15, 0.2) is 58.4 Å². The molecule has 2 aromatic carbocycles. The molecule has 0 atom stereocenters. The number of aliphatic imine (C=N–C) groups is 1. The molecule has 0 radical (unpaired) electrons. The van der Waals surface area contributed by atoms with Crippen LogP contribution in [0.4, 0.5) is 0 Å². The zero-order chi connectivity index (χ0) is 18.8. The van der Waals surface area contributed by atoms with Gasteiger partial charge in [0.15, 0.2) is 5.96 Å². The van der Waals surface area contributed by atoms with E-state index in [1.807, 2.05) is 19.1 Å². The number of methoxy groups -OCH3 is 1. The Morgan fingerprint density at radius 2 is 1.81 bits per heavy atom. The van der Waals surface area contributed by atoms with Crippen LogP contribution in [0.3, 0.4) is 0 Å². The molecule has 1 aromatic heterocycles. The number of fused-ring (bicyclic) bond motifs is 1. The van der Waals surface area contributed by atoms with Gasteiger partial charge in [-0.15, -0.1) is 0 Å². The van der Waals surface area contributed by atoms with Crippen molar-refractivity contribution < 1.29 is 9.53 Å². The van der Waals surface area contributed by atoms with Gasteiger partial charge in [-0.2, -0.15) is 4.99 Å². The third kappa shape index (κ3) is 3.02. The predicted octanol–water partition coefficient (Wildman–Crippen LogP) is 1.72. The minimum absolute atomic E-state index is 0.219. The molecule has 0 aliphatic heterocycles. The zero-order valence-electron chi connectivity index (χ0n) is 14.4. The second kappa shape index (κ2) is 6.72. The number of nitrogens with zero attached hydrogens (tertiary/aromatic N) is 2. The Balaban J connectivity index is 2.38. The second-order valence-corrected chi connectivity index (χ2v) is 5.78. The SMILES string of the molecule is COc1cc(C)ccc1-n1cc(C(=O)N=C(N)N)c2ccccc2c1=O. The zero-order valence-corrected chi connectivity index (χ0v) is 14.4. The summed E-state index contributed by atoms with van der Waals surface area (Å²) in [5.41, 5.74) is 12.1. The largest absolute Gasteiger partial charge is 0.495 e. The van der Waals surface area contributed by atoms with Crippen LogP contribution in [0, 0.1) is 6.92 Å². The van der Waals surface area contributed by atoms with Gasteiger partial charge in [0.1, 0.15) is 5.75 Å². The first-order chi connectivity index (χ1) is 12.4. The van der Waals surface area contributed by atoms with E-state index in [1.54, 1.807) is 30.3 Å². The van der Waals surface area contributed by atoms with E-state index >= 15 is 0 Å². The number of carbonyl (C=O) groups excluding carboxylic acids is 1. The maximum atomic E-state index is 13.0. The van der Waals surface area contributed by atoms with Crippen molar-refractivity contribution in [1.82, 2.24) is 4.57 Å². The van der Waals surface area contributed by atoms with Gasteiger partial charge in [0.05, 0.1) is 18.4 Å². The third-order valence-corrected chi connectivity index (χ3v) is 3.98. The summed E-state index contributed by atoms with van der Waals surface area (Å²) in [5.74, 6) is -0.451. The van der Waals surface area contributed by atoms with Gasteiger partial charge >= 0.3 is 0 Å². The number of carbonyl (C=O) groups is 1. The molecule has 0 saturated heterocycles. The summed E-state index contributed by atoms with van der Waals surface area (Å²) in [5, 5.41) is 0.863. The highest BCUT2D eigenvalue weighted by atomic mass is 16.5. The quantitative estimate of drug-likeness (QED) is 0.552. The number of benzene rings is 2. The van der Waals surface area contributed by atoms with E-state index in [2.05, 4.69) is 4.99 Å². The lowest BCUT2D eigenvalue weighted by Crippen LogP contribution is -2.25. The number of rotatable bonds is 3. The summed E-state index contributed by atoms with van der Waals surface area (Å²) in [4.78, 5) is 29.1. The number of amides is 1. The topological polar surface area (TPSA) is 113 Å². The van der Waals surface area contributed by atoms with E-state index in [9.17, 15) is 9.59 Å². The molecule has 0 aliphatic rings. The number of guanidine groups is 1. The molecular weight excluding hydrogens is 332 g/mol.